The molecule has 0 unspecified atom stereocenters. The molecule has 1 aliphatic rings. The summed E-state index contributed by atoms with van der Waals surface area (Å²) in [6, 6.07) is 9.65. The fraction of sp³-hybridized carbons (Fsp3) is 0.571. The average Bonchev–Trinajstić information content (AvgIpc) is 2.44. The van der Waals surface area contributed by atoms with Gasteiger partial charge in [0.2, 0.25) is 0 Å². The Labute approximate surface area is 112 Å². The lowest BCUT2D eigenvalue weighted by Gasteiger charge is -2.32. The van der Waals surface area contributed by atoms with Crippen LogP contribution in [0.2, 0.25) is 0 Å². The van der Waals surface area contributed by atoms with Gasteiger partial charge in [-0.2, -0.15) is 0 Å². The van der Waals surface area contributed by atoms with E-state index in [4.69, 9.17) is 10.3 Å². The highest BCUT2D eigenvalue weighted by atomic mass is 16.5. The van der Waals surface area contributed by atoms with E-state index in [0.29, 0.717) is 13.2 Å². The standard InChI is InChI=1S/C14H19N3O2/c15-17-16-13-8-4-7-12(14(13)18)10-19-9-11-5-2-1-3-6-11/h1-3,5-6,12-14,18H,4,7-10H2/t12-,13-,14-/m1/s1. The van der Waals surface area contributed by atoms with Crippen molar-refractivity contribution >= 4 is 0 Å². The van der Waals surface area contributed by atoms with Crippen LogP contribution in [0.15, 0.2) is 35.4 Å². The maximum Gasteiger partial charge on any atom is 0.0717 e. The number of hydrogen-bond donors (Lipinski definition) is 1. The molecule has 5 nitrogen and oxygen atoms in total. The molecule has 0 saturated heterocycles. The van der Waals surface area contributed by atoms with E-state index >= 15 is 0 Å². The van der Waals surface area contributed by atoms with Gasteiger partial charge in [-0.25, -0.2) is 0 Å². The Hall–Kier alpha value is -1.55. The first-order valence-electron chi connectivity index (χ1n) is 6.65. The summed E-state index contributed by atoms with van der Waals surface area (Å²) in [6.45, 7) is 1.06. The second-order valence-corrected chi connectivity index (χ2v) is 4.95. The first-order chi connectivity index (χ1) is 9.31. The Morgan fingerprint density at radius 2 is 2.11 bits per heavy atom. The van der Waals surface area contributed by atoms with Gasteiger partial charge in [-0.05, 0) is 23.9 Å². The van der Waals surface area contributed by atoms with Crippen molar-refractivity contribution in [3.8, 4) is 0 Å². The van der Waals surface area contributed by atoms with Gasteiger partial charge in [0.05, 0.1) is 25.4 Å². The summed E-state index contributed by atoms with van der Waals surface area (Å²) in [4.78, 5) is 2.80. The molecule has 1 fully saturated rings. The van der Waals surface area contributed by atoms with Crippen molar-refractivity contribution in [2.24, 2.45) is 11.0 Å². The predicted molar refractivity (Wildman–Crippen MR) is 72.4 cm³/mol. The third-order valence-corrected chi connectivity index (χ3v) is 3.60. The molecule has 0 aliphatic heterocycles. The van der Waals surface area contributed by atoms with Crippen LogP contribution >= 0.6 is 0 Å². The van der Waals surface area contributed by atoms with E-state index < -0.39 is 6.10 Å². The second kappa shape index (κ2) is 7.14. The molecule has 0 bridgehead atoms. The number of benzene rings is 1. The topological polar surface area (TPSA) is 78.2 Å². The molecule has 1 saturated carbocycles. The van der Waals surface area contributed by atoms with E-state index in [-0.39, 0.29) is 12.0 Å². The fourth-order valence-corrected chi connectivity index (χ4v) is 2.52. The highest BCUT2D eigenvalue weighted by Gasteiger charge is 2.31. The van der Waals surface area contributed by atoms with E-state index in [0.717, 1.165) is 24.8 Å². The molecule has 1 aromatic rings. The average molecular weight is 261 g/mol. The Morgan fingerprint density at radius 3 is 2.84 bits per heavy atom. The summed E-state index contributed by atoms with van der Waals surface area (Å²) >= 11 is 0. The summed E-state index contributed by atoms with van der Waals surface area (Å²) < 4.78 is 5.66. The summed E-state index contributed by atoms with van der Waals surface area (Å²) in [5.41, 5.74) is 9.59. The minimum Gasteiger partial charge on any atom is -0.392 e. The molecule has 102 valence electrons. The molecular formula is C14H19N3O2. The molecule has 0 radical (unpaired) electrons. The largest absolute Gasteiger partial charge is 0.392 e. The number of aliphatic hydroxyl groups is 1. The fourth-order valence-electron chi connectivity index (χ4n) is 2.52. The highest BCUT2D eigenvalue weighted by Crippen LogP contribution is 2.27. The van der Waals surface area contributed by atoms with Crippen LogP contribution in [0.3, 0.4) is 0 Å². The van der Waals surface area contributed by atoms with Gasteiger partial charge in [0.1, 0.15) is 0 Å². The summed E-state index contributed by atoms with van der Waals surface area (Å²) in [5.74, 6) is 0.0629. The molecule has 2 rings (SSSR count). The van der Waals surface area contributed by atoms with Gasteiger partial charge in [0.25, 0.3) is 0 Å². The van der Waals surface area contributed by atoms with Gasteiger partial charge in [0, 0.05) is 10.8 Å². The van der Waals surface area contributed by atoms with Crippen LogP contribution in [0, 0.1) is 5.92 Å². The van der Waals surface area contributed by atoms with Crippen molar-refractivity contribution < 1.29 is 9.84 Å². The van der Waals surface area contributed by atoms with E-state index in [9.17, 15) is 5.11 Å². The quantitative estimate of drug-likeness (QED) is 0.502. The lowest BCUT2D eigenvalue weighted by molar-refractivity contribution is -0.0101. The van der Waals surface area contributed by atoms with E-state index in [2.05, 4.69) is 10.0 Å². The van der Waals surface area contributed by atoms with Gasteiger partial charge in [-0.1, -0.05) is 41.9 Å². The van der Waals surface area contributed by atoms with Crippen LogP contribution in [0.5, 0.6) is 0 Å². The SMILES string of the molecule is [N-]=[N+]=N[C@@H]1CCC[C@H](COCc2ccccc2)[C@H]1O. The minimum absolute atomic E-state index is 0.0629. The zero-order valence-corrected chi connectivity index (χ0v) is 10.9. The maximum absolute atomic E-state index is 10.1. The van der Waals surface area contributed by atoms with Gasteiger partial charge >= 0.3 is 0 Å². The molecule has 0 heterocycles. The zero-order valence-electron chi connectivity index (χ0n) is 10.9. The number of ether oxygens (including phenoxy) is 1. The van der Waals surface area contributed by atoms with Gasteiger partial charge < -0.3 is 9.84 Å². The monoisotopic (exact) mass is 261 g/mol. The molecule has 5 heteroatoms. The smallest absolute Gasteiger partial charge is 0.0717 e. The maximum atomic E-state index is 10.1. The van der Waals surface area contributed by atoms with Crippen molar-refractivity contribution in [3.63, 3.8) is 0 Å². The lowest BCUT2D eigenvalue weighted by atomic mass is 9.84. The van der Waals surface area contributed by atoms with Crippen molar-refractivity contribution in [3.05, 3.63) is 46.3 Å². The number of aliphatic hydroxyl groups excluding tert-OH is 1. The number of azide groups is 1. The van der Waals surface area contributed by atoms with E-state index in [1.54, 1.807) is 0 Å². The van der Waals surface area contributed by atoms with E-state index in [1.807, 2.05) is 30.3 Å². The Balaban J connectivity index is 1.80. The lowest BCUT2D eigenvalue weighted by Crippen LogP contribution is -2.38. The Kier molecular flexibility index (Phi) is 5.21. The first kappa shape index (κ1) is 13.9. The number of hydrogen-bond acceptors (Lipinski definition) is 3. The molecular weight excluding hydrogens is 242 g/mol. The van der Waals surface area contributed by atoms with Crippen LogP contribution in [0.4, 0.5) is 0 Å². The zero-order chi connectivity index (χ0) is 13.5. The normalized spacial score (nSPS) is 26.7. The minimum atomic E-state index is -0.583. The van der Waals surface area contributed by atoms with Gasteiger partial charge in [-0.3, -0.25) is 0 Å². The highest BCUT2D eigenvalue weighted by molar-refractivity contribution is 5.13. The van der Waals surface area contributed by atoms with Crippen LogP contribution in [-0.2, 0) is 11.3 Å². The predicted octanol–water partition coefficient (Wildman–Crippen LogP) is 3.04. The third kappa shape index (κ3) is 3.96. The van der Waals surface area contributed by atoms with Gasteiger partial charge in [0.15, 0.2) is 0 Å². The van der Waals surface area contributed by atoms with E-state index in [1.165, 1.54) is 0 Å². The number of nitrogens with zero attached hydrogens (tertiary/aromatic N) is 3. The molecule has 19 heavy (non-hydrogen) atoms. The second-order valence-electron chi connectivity index (χ2n) is 4.95. The molecule has 0 spiro atoms. The third-order valence-electron chi connectivity index (χ3n) is 3.60. The van der Waals surface area contributed by atoms with Crippen molar-refractivity contribution in [2.75, 3.05) is 6.61 Å². The van der Waals surface area contributed by atoms with Gasteiger partial charge in [-0.15, -0.1) is 0 Å². The Morgan fingerprint density at radius 1 is 1.32 bits per heavy atom. The molecule has 1 aromatic carbocycles. The van der Waals surface area contributed by atoms with Crippen molar-refractivity contribution in [2.45, 2.75) is 38.0 Å². The molecule has 3 atom stereocenters. The summed E-state index contributed by atoms with van der Waals surface area (Å²) in [5, 5.41) is 13.8. The van der Waals surface area contributed by atoms with Crippen LogP contribution < -0.4 is 0 Å². The molecule has 0 amide bonds. The van der Waals surface area contributed by atoms with Crippen molar-refractivity contribution in [1.82, 2.24) is 0 Å². The molecule has 0 aromatic heterocycles. The Bertz CT molecular complexity index is 432. The number of rotatable bonds is 5. The van der Waals surface area contributed by atoms with Crippen LogP contribution in [0.25, 0.3) is 10.4 Å². The first-order valence-corrected chi connectivity index (χ1v) is 6.65. The summed E-state index contributed by atoms with van der Waals surface area (Å²) in [7, 11) is 0. The summed E-state index contributed by atoms with van der Waals surface area (Å²) in [6.07, 6.45) is 2.08. The van der Waals surface area contributed by atoms with Crippen LogP contribution in [-0.4, -0.2) is 23.9 Å². The molecule has 1 aliphatic carbocycles. The molecule has 1 N–H and O–H groups in total. The van der Waals surface area contributed by atoms with Crippen LogP contribution in [0.1, 0.15) is 24.8 Å². The van der Waals surface area contributed by atoms with Crippen molar-refractivity contribution in [1.29, 1.82) is 0 Å².